The largest absolute Gasteiger partial charge is 0.295 e. The summed E-state index contributed by atoms with van der Waals surface area (Å²) in [5.74, 6) is -0.428. The van der Waals surface area contributed by atoms with Crippen LogP contribution in [0.1, 0.15) is 19.5 Å². The second-order valence-corrected chi connectivity index (χ2v) is 5.76. The minimum atomic E-state index is -0.718. The molecule has 1 saturated heterocycles. The molecule has 2 aromatic rings. The molecule has 2 amide bonds. The van der Waals surface area contributed by atoms with Crippen molar-refractivity contribution in [1.82, 2.24) is 15.2 Å². The Morgan fingerprint density at radius 1 is 1.19 bits per heavy atom. The monoisotopic (exact) mass is 283 g/mol. The number of pyridine rings is 1. The van der Waals surface area contributed by atoms with E-state index in [2.05, 4.69) is 10.3 Å². The van der Waals surface area contributed by atoms with Crippen molar-refractivity contribution in [2.75, 3.05) is 6.54 Å². The fourth-order valence-electron chi connectivity index (χ4n) is 2.44. The van der Waals surface area contributed by atoms with Gasteiger partial charge in [-0.25, -0.2) is 0 Å². The number of para-hydroxylation sites is 1. The normalized spacial score (nSPS) is 18.3. The Hall–Kier alpha value is -2.27. The van der Waals surface area contributed by atoms with Gasteiger partial charge in [0.2, 0.25) is 11.8 Å². The van der Waals surface area contributed by atoms with Crippen LogP contribution in [0, 0.1) is 0 Å². The number of hydrogen-bond acceptors (Lipinski definition) is 4. The van der Waals surface area contributed by atoms with E-state index >= 15 is 0 Å². The average molecular weight is 283 g/mol. The van der Waals surface area contributed by atoms with Crippen molar-refractivity contribution in [2.45, 2.75) is 25.9 Å². The summed E-state index contributed by atoms with van der Waals surface area (Å²) in [6.45, 7) is 3.95. The van der Waals surface area contributed by atoms with Crippen molar-refractivity contribution in [1.29, 1.82) is 0 Å². The molecule has 2 heterocycles. The van der Waals surface area contributed by atoms with Crippen LogP contribution in [0.5, 0.6) is 0 Å². The van der Waals surface area contributed by atoms with Crippen LogP contribution in [0.25, 0.3) is 10.9 Å². The molecule has 1 aliphatic rings. The number of carbonyl (C=O) groups is 2. The van der Waals surface area contributed by atoms with Gasteiger partial charge in [0.25, 0.3) is 0 Å². The number of fused-ring (bicyclic) bond motifs is 1. The van der Waals surface area contributed by atoms with E-state index in [4.69, 9.17) is 0 Å². The zero-order chi connectivity index (χ0) is 15.0. The van der Waals surface area contributed by atoms with Crippen molar-refractivity contribution in [2.24, 2.45) is 0 Å². The highest BCUT2D eigenvalue weighted by atomic mass is 16.2. The van der Waals surface area contributed by atoms with Gasteiger partial charge in [0.15, 0.2) is 0 Å². The third-order valence-electron chi connectivity index (χ3n) is 3.74. The van der Waals surface area contributed by atoms with E-state index in [1.807, 2.05) is 36.4 Å². The van der Waals surface area contributed by atoms with Gasteiger partial charge >= 0.3 is 0 Å². The van der Waals surface area contributed by atoms with Gasteiger partial charge in [-0.05, 0) is 26.0 Å². The summed E-state index contributed by atoms with van der Waals surface area (Å²) in [5, 5.41) is 3.98. The Kier molecular flexibility index (Phi) is 3.22. The molecule has 21 heavy (non-hydrogen) atoms. The van der Waals surface area contributed by atoms with Gasteiger partial charge in [0.1, 0.15) is 0 Å². The summed E-state index contributed by atoms with van der Waals surface area (Å²) in [6, 6.07) is 11.6. The average Bonchev–Trinajstić information content (AvgIpc) is 2.48. The van der Waals surface area contributed by atoms with Crippen molar-refractivity contribution < 1.29 is 9.59 Å². The van der Waals surface area contributed by atoms with E-state index < -0.39 is 5.54 Å². The summed E-state index contributed by atoms with van der Waals surface area (Å²) in [6.07, 6.45) is 0. The Morgan fingerprint density at radius 3 is 2.76 bits per heavy atom. The number of aromatic nitrogens is 1. The number of nitrogens with zero attached hydrogens (tertiary/aromatic N) is 2. The first-order valence-electron chi connectivity index (χ1n) is 6.92. The number of imide groups is 1. The first-order chi connectivity index (χ1) is 9.97. The summed E-state index contributed by atoms with van der Waals surface area (Å²) in [7, 11) is 0. The van der Waals surface area contributed by atoms with E-state index in [-0.39, 0.29) is 24.9 Å². The van der Waals surface area contributed by atoms with E-state index in [0.29, 0.717) is 5.69 Å². The van der Waals surface area contributed by atoms with Crippen molar-refractivity contribution >= 4 is 22.7 Å². The molecule has 0 bridgehead atoms. The third-order valence-corrected chi connectivity index (χ3v) is 3.74. The van der Waals surface area contributed by atoms with Gasteiger partial charge in [0, 0.05) is 5.39 Å². The minimum Gasteiger partial charge on any atom is -0.295 e. The van der Waals surface area contributed by atoms with Gasteiger partial charge in [-0.2, -0.15) is 0 Å². The van der Waals surface area contributed by atoms with Crippen molar-refractivity contribution in [3.05, 3.63) is 42.1 Å². The Bertz CT molecular complexity index is 724. The molecule has 0 atom stereocenters. The zero-order valence-corrected chi connectivity index (χ0v) is 12.1. The molecule has 1 aliphatic heterocycles. The predicted octanol–water partition coefficient (Wildman–Crippen LogP) is 1.47. The fraction of sp³-hybridized carbons (Fsp3) is 0.312. The van der Waals surface area contributed by atoms with Crippen LogP contribution in [0.2, 0.25) is 0 Å². The molecule has 1 aromatic heterocycles. The number of amides is 2. The quantitative estimate of drug-likeness (QED) is 0.848. The molecule has 0 spiro atoms. The summed E-state index contributed by atoms with van der Waals surface area (Å²) in [4.78, 5) is 30.1. The molecule has 1 fully saturated rings. The molecular weight excluding hydrogens is 266 g/mol. The number of nitrogens with one attached hydrogen (secondary N) is 1. The molecular formula is C16H17N3O2. The molecule has 0 radical (unpaired) electrons. The Balaban J connectivity index is 1.90. The molecule has 1 aromatic carbocycles. The summed E-state index contributed by atoms with van der Waals surface area (Å²) in [5.41, 5.74) is 0.863. The zero-order valence-electron chi connectivity index (χ0n) is 12.1. The maximum Gasteiger partial charge on any atom is 0.249 e. The predicted molar refractivity (Wildman–Crippen MR) is 79.4 cm³/mol. The van der Waals surface area contributed by atoms with Gasteiger partial charge in [-0.3, -0.25) is 24.8 Å². The first kappa shape index (κ1) is 13.7. The lowest BCUT2D eigenvalue weighted by atomic mass is 10.0. The second-order valence-electron chi connectivity index (χ2n) is 5.76. The van der Waals surface area contributed by atoms with Crippen molar-refractivity contribution in [3.63, 3.8) is 0 Å². The van der Waals surface area contributed by atoms with Crippen LogP contribution in [-0.2, 0) is 16.1 Å². The Labute approximate surface area is 123 Å². The topological polar surface area (TPSA) is 62.3 Å². The molecule has 0 saturated carbocycles. The van der Waals surface area contributed by atoms with Crippen LogP contribution in [-0.4, -0.2) is 33.8 Å². The lowest BCUT2D eigenvalue weighted by molar-refractivity contribution is -0.153. The smallest absolute Gasteiger partial charge is 0.249 e. The van der Waals surface area contributed by atoms with E-state index in [1.54, 1.807) is 13.8 Å². The van der Waals surface area contributed by atoms with Crippen LogP contribution in [0.4, 0.5) is 0 Å². The summed E-state index contributed by atoms with van der Waals surface area (Å²) >= 11 is 0. The highest BCUT2D eigenvalue weighted by molar-refractivity contribution is 6.02. The summed E-state index contributed by atoms with van der Waals surface area (Å²) < 4.78 is 0. The Morgan fingerprint density at radius 2 is 1.95 bits per heavy atom. The number of benzene rings is 1. The van der Waals surface area contributed by atoms with Gasteiger partial charge in [-0.1, -0.05) is 24.3 Å². The van der Waals surface area contributed by atoms with E-state index in [0.717, 1.165) is 10.9 Å². The van der Waals surface area contributed by atoms with Crippen molar-refractivity contribution in [3.8, 4) is 0 Å². The standard InChI is InChI=1S/C16H17N3O2/c1-16(2)15(21)19(14(20)9-17-16)10-12-8-7-11-5-3-4-6-13(11)18-12/h3-8,17H,9-10H2,1-2H3. The van der Waals surface area contributed by atoms with E-state index in [1.165, 1.54) is 4.90 Å². The maximum absolute atomic E-state index is 12.3. The molecule has 5 heteroatoms. The van der Waals surface area contributed by atoms with E-state index in [9.17, 15) is 9.59 Å². The molecule has 0 aliphatic carbocycles. The first-order valence-corrected chi connectivity index (χ1v) is 6.92. The molecule has 5 nitrogen and oxygen atoms in total. The van der Waals surface area contributed by atoms with Gasteiger partial charge in [0.05, 0.1) is 29.8 Å². The molecule has 1 N–H and O–H groups in total. The SMILES string of the molecule is CC1(C)NCC(=O)N(Cc2ccc3ccccc3n2)C1=O. The van der Waals surface area contributed by atoms with Crippen LogP contribution < -0.4 is 5.32 Å². The van der Waals surface area contributed by atoms with Gasteiger partial charge < -0.3 is 0 Å². The lowest BCUT2D eigenvalue weighted by Crippen LogP contribution is -2.63. The van der Waals surface area contributed by atoms with Crippen LogP contribution in [0.15, 0.2) is 36.4 Å². The molecule has 3 rings (SSSR count). The number of carbonyl (C=O) groups excluding carboxylic acids is 2. The number of piperazine rings is 1. The van der Waals surface area contributed by atoms with Gasteiger partial charge in [-0.15, -0.1) is 0 Å². The minimum absolute atomic E-state index is 0.173. The van der Waals surface area contributed by atoms with Crippen LogP contribution >= 0.6 is 0 Å². The van der Waals surface area contributed by atoms with Crippen LogP contribution in [0.3, 0.4) is 0 Å². The lowest BCUT2D eigenvalue weighted by Gasteiger charge is -2.36. The highest BCUT2D eigenvalue weighted by Crippen LogP contribution is 2.17. The molecule has 108 valence electrons. The molecule has 0 unspecified atom stereocenters. The maximum atomic E-state index is 12.3. The number of rotatable bonds is 2. The third kappa shape index (κ3) is 2.52. The second kappa shape index (κ2) is 4.93. The highest BCUT2D eigenvalue weighted by Gasteiger charge is 2.39. The number of hydrogen-bond donors (Lipinski definition) is 1. The fourth-order valence-corrected chi connectivity index (χ4v) is 2.44.